The number of benzene rings is 1. The molecule has 1 saturated heterocycles. The lowest BCUT2D eigenvalue weighted by molar-refractivity contribution is -0.125. The first-order valence-electron chi connectivity index (χ1n) is 12.6. The van der Waals surface area contributed by atoms with Gasteiger partial charge in [-0.3, -0.25) is 9.59 Å². The molecule has 0 spiro atoms. The molecule has 1 aromatic carbocycles. The highest BCUT2D eigenvalue weighted by Gasteiger charge is 2.26. The summed E-state index contributed by atoms with van der Waals surface area (Å²) in [7, 11) is 0. The Morgan fingerprint density at radius 3 is 2.77 bits per heavy atom. The number of fused-ring (bicyclic) bond motifs is 1. The first-order chi connectivity index (χ1) is 17.1. The van der Waals surface area contributed by atoms with Crippen LogP contribution in [0.2, 0.25) is 0 Å². The molecule has 3 aromatic rings. The number of anilines is 1. The van der Waals surface area contributed by atoms with E-state index in [1.807, 2.05) is 30.3 Å². The van der Waals surface area contributed by atoms with Crippen LogP contribution in [0.25, 0.3) is 11.3 Å². The first-order valence-corrected chi connectivity index (χ1v) is 12.6. The van der Waals surface area contributed by atoms with Crippen LogP contribution in [0.4, 0.5) is 5.82 Å². The molecule has 5 rings (SSSR count). The summed E-state index contributed by atoms with van der Waals surface area (Å²) in [5.74, 6) is 0.699. The van der Waals surface area contributed by atoms with Crippen LogP contribution in [0.3, 0.4) is 0 Å². The number of aryl methyl sites for hydroxylation is 3. The predicted octanol–water partition coefficient (Wildman–Crippen LogP) is 2.92. The van der Waals surface area contributed by atoms with Gasteiger partial charge in [-0.1, -0.05) is 24.3 Å². The number of hydrogen-bond acceptors (Lipinski definition) is 6. The van der Waals surface area contributed by atoms with Crippen molar-refractivity contribution in [3.63, 3.8) is 0 Å². The molecule has 1 unspecified atom stereocenters. The topological polar surface area (TPSA) is 93.0 Å². The van der Waals surface area contributed by atoms with Gasteiger partial charge in [0.05, 0.1) is 23.9 Å². The monoisotopic (exact) mass is 472 g/mol. The number of nitrogens with one attached hydrogen (secondary N) is 1. The van der Waals surface area contributed by atoms with Crippen molar-refractivity contribution in [2.75, 3.05) is 24.5 Å². The van der Waals surface area contributed by atoms with E-state index < -0.39 is 0 Å². The molecule has 35 heavy (non-hydrogen) atoms. The van der Waals surface area contributed by atoms with Crippen LogP contribution in [-0.4, -0.2) is 45.5 Å². The fourth-order valence-corrected chi connectivity index (χ4v) is 5.09. The number of carbonyl (C=O) groups excluding carboxylic acids is 1. The molecule has 0 radical (unpaired) electrons. The van der Waals surface area contributed by atoms with Gasteiger partial charge < -0.3 is 10.2 Å². The molecule has 8 nitrogen and oxygen atoms in total. The van der Waals surface area contributed by atoms with E-state index >= 15 is 0 Å². The summed E-state index contributed by atoms with van der Waals surface area (Å²) in [6.07, 6.45) is 5.86. The Kier molecular flexibility index (Phi) is 6.88. The highest BCUT2D eigenvalue weighted by molar-refractivity contribution is 5.79. The van der Waals surface area contributed by atoms with Crippen LogP contribution in [-0.2, 0) is 24.2 Å². The summed E-state index contributed by atoms with van der Waals surface area (Å²) in [6.45, 7) is 4.32. The van der Waals surface area contributed by atoms with Crippen molar-refractivity contribution >= 4 is 11.7 Å². The Hall–Kier alpha value is -3.55. The van der Waals surface area contributed by atoms with Gasteiger partial charge in [0.15, 0.2) is 5.82 Å². The van der Waals surface area contributed by atoms with Crippen molar-refractivity contribution in [1.82, 2.24) is 25.3 Å². The van der Waals surface area contributed by atoms with Gasteiger partial charge in [0, 0.05) is 31.3 Å². The van der Waals surface area contributed by atoms with Crippen molar-refractivity contribution in [2.24, 2.45) is 5.92 Å². The third-order valence-electron chi connectivity index (χ3n) is 7.08. The number of rotatable bonds is 6. The first kappa shape index (κ1) is 23.2. The van der Waals surface area contributed by atoms with E-state index in [-0.39, 0.29) is 17.4 Å². The van der Waals surface area contributed by atoms with Crippen LogP contribution in [0, 0.1) is 12.8 Å². The highest BCUT2D eigenvalue weighted by Crippen LogP contribution is 2.25. The number of hydrogen-bond donors (Lipinski definition) is 1. The SMILES string of the molecule is Cc1ccccc1-c1ccc(N2CCCC(C(=O)NCCn3nc4c(cc3=O)CCCC4)C2)nn1. The van der Waals surface area contributed by atoms with Gasteiger partial charge in [0.25, 0.3) is 5.56 Å². The Morgan fingerprint density at radius 2 is 1.94 bits per heavy atom. The summed E-state index contributed by atoms with van der Waals surface area (Å²) in [4.78, 5) is 27.4. The van der Waals surface area contributed by atoms with E-state index in [0.717, 1.165) is 79.0 Å². The summed E-state index contributed by atoms with van der Waals surface area (Å²) >= 11 is 0. The van der Waals surface area contributed by atoms with Gasteiger partial charge in [-0.2, -0.15) is 5.10 Å². The fourth-order valence-electron chi connectivity index (χ4n) is 5.09. The number of piperidine rings is 1. The molecule has 1 aliphatic carbocycles. The molecule has 0 saturated carbocycles. The lowest BCUT2D eigenvalue weighted by Gasteiger charge is -2.32. The van der Waals surface area contributed by atoms with Gasteiger partial charge in [-0.15, -0.1) is 10.2 Å². The van der Waals surface area contributed by atoms with Crippen molar-refractivity contribution in [1.29, 1.82) is 0 Å². The van der Waals surface area contributed by atoms with Gasteiger partial charge >= 0.3 is 0 Å². The molecule has 1 aliphatic heterocycles. The average Bonchev–Trinajstić information content (AvgIpc) is 2.89. The highest BCUT2D eigenvalue weighted by atomic mass is 16.2. The van der Waals surface area contributed by atoms with Crippen LogP contribution in [0.5, 0.6) is 0 Å². The molecule has 2 aliphatic rings. The molecule has 1 N–H and O–H groups in total. The molecular weight excluding hydrogens is 440 g/mol. The molecule has 8 heteroatoms. The van der Waals surface area contributed by atoms with Gasteiger partial charge in [-0.25, -0.2) is 4.68 Å². The minimum absolute atomic E-state index is 0.0187. The summed E-state index contributed by atoms with van der Waals surface area (Å²) in [5, 5.41) is 16.5. The number of nitrogens with zero attached hydrogens (tertiary/aromatic N) is 5. The molecular formula is C27H32N6O2. The average molecular weight is 473 g/mol. The molecule has 3 heterocycles. The molecule has 2 aromatic heterocycles. The third-order valence-corrected chi connectivity index (χ3v) is 7.08. The summed E-state index contributed by atoms with van der Waals surface area (Å²) in [5.41, 5.74) is 5.12. The van der Waals surface area contributed by atoms with Gasteiger partial charge in [0.1, 0.15) is 0 Å². The third kappa shape index (κ3) is 5.26. The second kappa shape index (κ2) is 10.4. The number of aromatic nitrogens is 4. The molecule has 182 valence electrons. The summed E-state index contributed by atoms with van der Waals surface area (Å²) in [6, 6.07) is 13.8. The minimum atomic E-state index is -0.116. The van der Waals surface area contributed by atoms with Gasteiger partial charge in [-0.05, 0) is 68.7 Å². The fraction of sp³-hybridized carbons (Fsp3) is 0.444. The minimum Gasteiger partial charge on any atom is -0.354 e. The second-order valence-corrected chi connectivity index (χ2v) is 9.55. The largest absolute Gasteiger partial charge is 0.354 e. The number of amides is 1. The van der Waals surface area contributed by atoms with Crippen LogP contribution < -0.4 is 15.8 Å². The predicted molar refractivity (Wildman–Crippen MR) is 135 cm³/mol. The van der Waals surface area contributed by atoms with E-state index in [1.165, 1.54) is 4.68 Å². The maximum atomic E-state index is 12.9. The molecule has 0 bridgehead atoms. The Labute approximate surface area is 205 Å². The lowest BCUT2D eigenvalue weighted by atomic mass is 9.97. The van der Waals surface area contributed by atoms with E-state index in [9.17, 15) is 9.59 Å². The van der Waals surface area contributed by atoms with Crippen LogP contribution in [0.15, 0.2) is 47.3 Å². The normalized spacial score (nSPS) is 17.6. The smallest absolute Gasteiger partial charge is 0.267 e. The summed E-state index contributed by atoms with van der Waals surface area (Å²) < 4.78 is 1.49. The van der Waals surface area contributed by atoms with Gasteiger partial charge in [0.2, 0.25) is 5.91 Å². The maximum absolute atomic E-state index is 12.9. The standard InChI is InChI=1S/C27H32N6O2/c1-19-7-2-4-10-22(19)24-12-13-25(30-29-24)32-15-6-9-21(18-32)27(35)28-14-16-33-26(34)17-20-8-3-5-11-23(20)31-33/h2,4,7,10,12-13,17,21H,3,5-6,8-9,11,14-16,18H2,1H3,(H,28,35). The zero-order chi connectivity index (χ0) is 24.2. The van der Waals surface area contributed by atoms with Crippen LogP contribution >= 0.6 is 0 Å². The van der Waals surface area contributed by atoms with Crippen LogP contribution in [0.1, 0.15) is 42.5 Å². The van der Waals surface area contributed by atoms with E-state index in [2.05, 4.69) is 38.5 Å². The van der Waals surface area contributed by atoms with E-state index in [1.54, 1.807) is 6.07 Å². The zero-order valence-corrected chi connectivity index (χ0v) is 20.2. The second-order valence-electron chi connectivity index (χ2n) is 9.55. The van der Waals surface area contributed by atoms with Crippen molar-refractivity contribution in [3.05, 3.63) is 69.6 Å². The van der Waals surface area contributed by atoms with E-state index in [0.29, 0.717) is 19.6 Å². The molecule has 1 fully saturated rings. The Bertz CT molecular complexity index is 1250. The zero-order valence-electron chi connectivity index (χ0n) is 20.2. The van der Waals surface area contributed by atoms with Crippen molar-refractivity contribution < 1.29 is 4.79 Å². The number of carbonyl (C=O) groups is 1. The Balaban J connectivity index is 1.17. The maximum Gasteiger partial charge on any atom is 0.267 e. The van der Waals surface area contributed by atoms with Crippen molar-refractivity contribution in [3.8, 4) is 11.3 Å². The Morgan fingerprint density at radius 1 is 1.09 bits per heavy atom. The molecule has 1 amide bonds. The van der Waals surface area contributed by atoms with Crippen molar-refractivity contribution in [2.45, 2.75) is 52.0 Å². The van der Waals surface area contributed by atoms with E-state index in [4.69, 9.17) is 0 Å². The molecule has 1 atom stereocenters. The lowest BCUT2D eigenvalue weighted by Crippen LogP contribution is -2.44. The quantitative estimate of drug-likeness (QED) is 0.593.